The molecule has 0 spiro atoms. The van der Waals surface area contributed by atoms with Crippen LogP contribution in [0.15, 0.2) is 10.7 Å². The van der Waals surface area contributed by atoms with E-state index in [1.807, 2.05) is 27.7 Å². The molecule has 0 fully saturated rings. The summed E-state index contributed by atoms with van der Waals surface area (Å²) in [6.45, 7) is 7.35. The number of rotatable bonds is 1. The van der Waals surface area contributed by atoms with Gasteiger partial charge in [0.1, 0.15) is 15.9 Å². The van der Waals surface area contributed by atoms with E-state index in [0.29, 0.717) is 10.2 Å². The number of aryl methyl sites for hydroxylation is 1. The lowest BCUT2D eigenvalue weighted by Gasteiger charge is -2.19. The maximum Gasteiger partial charge on any atom is 0.412 e. The predicted molar refractivity (Wildman–Crippen MR) is 79.7 cm³/mol. The molecule has 0 atom stereocenters. The summed E-state index contributed by atoms with van der Waals surface area (Å²) < 4.78 is 5.91. The number of pyridine rings is 1. The van der Waals surface area contributed by atoms with Gasteiger partial charge in [-0.05, 0) is 43.6 Å². The van der Waals surface area contributed by atoms with E-state index in [1.165, 1.54) is 11.3 Å². The van der Waals surface area contributed by atoms with E-state index in [9.17, 15) is 4.79 Å². The van der Waals surface area contributed by atoms with Gasteiger partial charge in [-0.3, -0.25) is 5.32 Å². The van der Waals surface area contributed by atoms with Crippen LogP contribution in [0.25, 0.3) is 10.3 Å². The number of halogens is 1. The van der Waals surface area contributed by atoms with Crippen molar-refractivity contribution < 1.29 is 9.53 Å². The Morgan fingerprint density at radius 3 is 2.79 bits per heavy atom. The molecule has 102 valence electrons. The van der Waals surface area contributed by atoms with Gasteiger partial charge in [-0.1, -0.05) is 11.3 Å². The standard InChI is InChI=1S/C12H14BrN3O2S/c1-6-15-9-8(13)7(5-14-10(9)19-6)16-11(17)18-12(2,3)4/h5H,1-4H3,(H,16,17). The normalized spacial score (nSPS) is 11.6. The van der Waals surface area contributed by atoms with Crippen LogP contribution in [-0.2, 0) is 4.74 Å². The predicted octanol–water partition coefficient (Wildman–Crippen LogP) is 4.11. The molecule has 2 aromatic rings. The number of carbonyl (C=O) groups is 1. The summed E-state index contributed by atoms with van der Waals surface area (Å²) in [6, 6.07) is 0. The Bertz CT molecular complexity index is 634. The van der Waals surface area contributed by atoms with Crippen molar-refractivity contribution in [2.24, 2.45) is 0 Å². The highest BCUT2D eigenvalue weighted by atomic mass is 79.9. The van der Waals surface area contributed by atoms with Crippen molar-refractivity contribution in [3.8, 4) is 0 Å². The van der Waals surface area contributed by atoms with Crippen LogP contribution in [0.5, 0.6) is 0 Å². The molecule has 7 heteroatoms. The first kappa shape index (κ1) is 14.2. The molecule has 5 nitrogen and oxygen atoms in total. The van der Waals surface area contributed by atoms with Gasteiger partial charge >= 0.3 is 6.09 Å². The molecule has 2 aromatic heterocycles. The van der Waals surface area contributed by atoms with E-state index >= 15 is 0 Å². The second-order valence-corrected chi connectivity index (χ2v) is 6.97. The first-order chi connectivity index (χ1) is 8.76. The Hall–Kier alpha value is -1.21. The lowest BCUT2D eigenvalue weighted by atomic mass is 10.2. The van der Waals surface area contributed by atoms with E-state index in [0.717, 1.165) is 15.4 Å². The smallest absolute Gasteiger partial charge is 0.412 e. The van der Waals surface area contributed by atoms with Crippen LogP contribution in [0, 0.1) is 6.92 Å². The Labute approximate surface area is 123 Å². The van der Waals surface area contributed by atoms with Crippen molar-refractivity contribution in [3.05, 3.63) is 15.7 Å². The van der Waals surface area contributed by atoms with E-state index in [2.05, 4.69) is 31.2 Å². The first-order valence-corrected chi connectivity index (χ1v) is 7.29. The van der Waals surface area contributed by atoms with Crippen LogP contribution in [0.4, 0.5) is 10.5 Å². The summed E-state index contributed by atoms with van der Waals surface area (Å²) in [6.07, 6.45) is 1.08. The fourth-order valence-corrected chi connectivity index (χ4v) is 2.83. The molecule has 0 saturated carbocycles. The van der Waals surface area contributed by atoms with Gasteiger partial charge in [0.25, 0.3) is 0 Å². The average Bonchev–Trinajstić information content (AvgIpc) is 2.61. The summed E-state index contributed by atoms with van der Waals surface area (Å²) in [5, 5.41) is 3.59. The number of hydrogen-bond acceptors (Lipinski definition) is 5. The van der Waals surface area contributed by atoms with E-state index in [4.69, 9.17) is 4.74 Å². The summed E-state index contributed by atoms with van der Waals surface area (Å²) in [5.41, 5.74) is 0.758. The molecule has 0 aromatic carbocycles. The van der Waals surface area contributed by atoms with Gasteiger partial charge in [0.15, 0.2) is 0 Å². The largest absolute Gasteiger partial charge is 0.444 e. The molecule has 0 unspecified atom stereocenters. The number of carbonyl (C=O) groups excluding carboxylic acids is 1. The lowest BCUT2D eigenvalue weighted by Crippen LogP contribution is -2.27. The summed E-state index contributed by atoms with van der Waals surface area (Å²) >= 11 is 4.94. The van der Waals surface area contributed by atoms with Crippen LogP contribution in [-0.4, -0.2) is 21.7 Å². The van der Waals surface area contributed by atoms with Crippen molar-refractivity contribution in [1.82, 2.24) is 9.97 Å². The van der Waals surface area contributed by atoms with Crippen LogP contribution in [0.1, 0.15) is 25.8 Å². The van der Waals surface area contributed by atoms with E-state index in [1.54, 1.807) is 6.20 Å². The van der Waals surface area contributed by atoms with Gasteiger partial charge in [0.05, 0.1) is 21.4 Å². The molecule has 19 heavy (non-hydrogen) atoms. The third-order valence-electron chi connectivity index (χ3n) is 2.11. The summed E-state index contributed by atoms with van der Waals surface area (Å²) in [5.74, 6) is 0. The number of ether oxygens (including phenoxy) is 1. The Morgan fingerprint density at radius 1 is 1.47 bits per heavy atom. The number of amides is 1. The van der Waals surface area contributed by atoms with Gasteiger partial charge in [-0.15, -0.1) is 0 Å². The minimum atomic E-state index is -0.536. The number of fused-ring (bicyclic) bond motifs is 1. The highest BCUT2D eigenvalue weighted by Crippen LogP contribution is 2.32. The fraction of sp³-hybridized carbons (Fsp3) is 0.417. The number of hydrogen-bond donors (Lipinski definition) is 1. The van der Waals surface area contributed by atoms with Crippen LogP contribution in [0.2, 0.25) is 0 Å². The SMILES string of the molecule is Cc1nc2c(Br)c(NC(=O)OC(C)(C)C)cnc2s1. The highest BCUT2D eigenvalue weighted by molar-refractivity contribution is 9.10. The van der Waals surface area contributed by atoms with Crippen LogP contribution >= 0.6 is 27.3 Å². The third kappa shape index (κ3) is 3.42. The molecular weight excluding hydrogens is 330 g/mol. The number of anilines is 1. The van der Waals surface area contributed by atoms with E-state index < -0.39 is 11.7 Å². The third-order valence-corrected chi connectivity index (χ3v) is 3.79. The molecule has 1 N–H and O–H groups in total. The minimum absolute atomic E-state index is 0.513. The molecule has 0 bridgehead atoms. The van der Waals surface area contributed by atoms with Crippen molar-refractivity contribution >= 4 is 49.4 Å². The molecule has 0 saturated heterocycles. The van der Waals surface area contributed by atoms with Crippen molar-refractivity contribution in [1.29, 1.82) is 0 Å². The zero-order chi connectivity index (χ0) is 14.2. The van der Waals surface area contributed by atoms with Gasteiger partial charge in [0.2, 0.25) is 0 Å². The zero-order valence-corrected chi connectivity index (χ0v) is 13.5. The Balaban J connectivity index is 2.26. The van der Waals surface area contributed by atoms with Crippen LogP contribution in [0.3, 0.4) is 0 Å². The number of nitrogens with zero attached hydrogens (tertiary/aromatic N) is 2. The quantitative estimate of drug-likeness (QED) is 0.846. The second kappa shape index (κ2) is 5.05. The zero-order valence-electron chi connectivity index (χ0n) is 11.1. The van der Waals surface area contributed by atoms with Crippen molar-refractivity contribution in [3.63, 3.8) is 0 Å². The first-order valence-electron chi connectivity index (χ1n) is 5.68. The number of aromatic nitrogens is 2. The molecule has 0 aliphatic rings. The van der Waals surface area contributed by atoms with Crippen LogP contribution < -0.4 is 5.32 Å². The maximum absolute atomic E-state index is 11.7. The lowest BCUT2D eigenvalue weighted by molar-refractivity contribution is 0.0636. The monoisotopic (exact) mass is 343 g/mol. The minimum Gasteiger partial charge on any atom is -0.444 e. The van der Waals surface area contributed by atoms with Gasteiger partial charge < -0.3 is 4.74 Å². The molecule has 1 amide bonds. The van der Waals surface area contributed by atoms with Crippen molar-refractivity contribution in [2.45, 2.75) is 33.3 Å². The molecule has 2 rings (SSSR count). The molecule has 0 radical (unpaired) electrons. The molecule has 0 aliphatic heterocycles. The summed E-state index contributed by atoms with van der Waals surface area (Å²) in [7, 11) is 0. The summed E-state index contributed by atoms with van der Waals surface area (Å²) in [4.78, 5) is 21.2. The van der Waals surface area contributed by atoms with Crippen molar-refractivity contribution in [2.75, 3.05) is 5.32 Å². The molecule has 2 heterocycles. The number of thiazole rings is 1. The maximum atomic E-state index is 11.7. The second-order valence-electron chi connectivity index (χ2n) is 5.00. The average molecular weight is 344 g/mol. The fourth-order valence-electron chi connectivity index (χ4n) is 1.45. The Kier molecular flexibility index (Phi) is 3.78. The molecule has 0 aliphatic carbocycles. The number of nitrogens with one attached hydrogen (secondary N) is 1. The highest BCUT2D eigenvalue weighted by Gasteiger charge is 2.18. The van der Waals surface area contributed by atoms with Gasteiger partial charge in [0, 0.05) is 0 Å². The van der Waals surface area contributed by atoms with Gasteiger partial charge in [-0.2, -0.15) is 0 Å². The Morgan fingerprint density at radius 2 is 2.16 bits per heavy atom. The van der Waals surface area contributed by atoms with Gasteiger partial charge in [-0.25, -0.2) is 14.8 Å². The molecular formula is C12H14BrN3O2S. The van der Waals surface area contributed by atoms with E-state index in [-0.39, 0.29) is 0 Å². The topological polar surface area (TPSA) is 64.1 Å².